The van der Waals surface area contributed by atoms with Crippen LogP contribution in [-0.4, -0.2) is 61.0 Å². The minimum Gasteiger partial charge on any atom is -0.497 e. The monoisotopic (exact) mass is 375 g/mol. The third-order valence-electron chi connectivity index (χ3n) is 4.36. The van der Waals surface area contributed by atoms with Crippen molar-refractivity contribution >= 4 is 15.9 Å². The summed E-state index contributed by atoms with van der Waals surface area (Å²) >= 11 is 0. The molecule has 1 saturated heterocycles. The number of nitrogens with zero attached hydrogens (tertiary/aromatic N) is 3. The number of benzene rings is 1. The smallest absolute Gasteiger partial charge is 0.253 e. The highest BCUT2D eigenvalue weighted by Crippen LogP contribution is 2.23. The minimum atomic E-state index is -3.41. The van der Waals surface area contributed by atoms with Crippen molar-refractivity contribution in [2.24, 2.45) is 0 Å². The van der Waals surface area contributed by atoms with Crippen LogP contribution in [0.4, 0.5) is 0 Å². The van der Waals surface area contributed by atoms with E-state index in [4.69, 9.17) is 4.74 Å². The van der Waals surface area contributed by atoms with Gasteiger partial charge in [-0.05, 0) is 36.4 Å². The van der Waals surface area contributed by atoms with Gasteiger partial charge in [0.15, 0.2) is 0 Å². The second kappa shape index (κ2) is 7.43. The van der Waals surface area contributed by atoms with E-state index in [9.17, 15) is 13.2 Å². The maximum absolute atomic E-state index is 12.5. The lowest BCUT2D eigenvalue weighted by molar-refractivity contribution is 0.0442. The number of likely N-dealkylation sites (tertiary alicyclic amines) is 1. The topological polar surface area (TPSA) is 79.8 Å². The Morgan fingerprint density at radius 1 is 1.23 bits per heavy atom. The van der Waals surface area contributed by atoms with E-state index in [0.717, 1.165) is 0 Å². The molecule has 2 heterocycles. The van der Waals surface area contributed by atoms with Crippen LogP contribution in [0.5, 0.6) is 5.75 Å². The Bertz CT molecular complexity index is 863. The van der Waals surface area contributed by atoms with Crippen LogP contribution in [0.1, 0.15) is 16.1 Å². The van der Waals surface area contributed by atoms with E-state index < -0.39 is 10.0 Å². The number of pyridine rings is 1. The van der Waals surface area contributed by atoms with Crippen molar-refractivity contribution in [1.82, 2.24) is 14.2 Å². The fourth-order valence-electron chi connectivity index (χ4n) is 2.89. The lowest BCUT2D eigenvalue weighted by Crippen LogP contribution is -2.61. The van der Waals surface area contributed by atoms with E-state index in [-0.39, 0.29) is 18.5 Å². The molecule has 2 aromatic rings. The van der Waals surface area contributed by atoms with E-state index in [1.54, 1.807) is 54.6 Å². The van der Waals surface area contributed by atoms with Gasteiger partial charge in [0.2, 0.25) is 10.0 Å². The van der Waals surface area contributed by atoms with Crippen LogP contribution in [0, 0.1) is 0 Å². The fraction of sp³-hybridized carbons (Fsp3) is 0.333. The SMILES string of the molecule is COc1ccc(C(=O)N2CC(N(Cc3ccccn3)S(C)(=O)=O)C2)cc1. The molecule has 1 aliphatic heterocycles. The van der Waals surface area contributed by atoms with Crippen LogP contribution >= 0.6 is 0 Å². The quantitative estimate of drug-likeness (QED) is 0.762. The minimum absolute atomic E-state index is 0.116. The summed E-state index contributed by atoms with van der Waals surface area (Å²) in [6, 6.07) is 12.0. The molecule has 0 radical (unpaired) electrons. The number of amides is 1. The Morgan fingerprint density at radius 3 is 2.46 bits per heavy atom. The van der Waals surface area contributed by atoms with Crippen LogP contribution in [0.3, 0.4) is 0 Å². The number of ether oxygens (including phenoxy) is 1. The summed E-state index contributed by atoms with van der Waals surface area (Å²) in [5.74, 6) is 0.567. The van der Waals surface area contributed by atoms with Gasteiger partial charge in [-0.15, -0.1) is 0 Å². The molecule has 0 aliphatic carbocycles. The first-order valence-corrected chi connectivity index (χ1v) is 10.0. The summed E-state index contributed by atoms with van der Waals surface area (Å²) in [6.07, 6.45) is 2.82. The molecule has 1 amide bonds. The van der Waals surface area contributed by atoms with Gasteiger partial charge < -0.3 is 9.64 Å². The molecule has 0 unspecified atom stereocenters. The highest BCUT2D eigenvalue weighted by molar-refractivity contribution is 7.88. The molecule has 1 fully saturated rings. The second-order valence-electron chi connectivity index (χ2n) is 6.22. The van der Waals surface area contributed by atoms with Gasteiger partial charge in [0.05, 0.1) is 31.6 Å². The first-order chi connectivity index (χ1) is 12.4. The highest BCUT2D eigenvalue weighted by atomic mass is 32.2. The standard InChI is InChI=1S/C18H21N3O4S/c1-25-17-8-6-14(7-9-17)18(22)20-12-16(13-20)21(26(2,23)24)11-15-5-3-4-10-19-15/h3-10,16H,11-13H2,1-2H3. The molecule has 0 atom stereocenters. The Morgan fingerprint density at radius 2 is 1.92 bits per heavy atom. The molecular weight excluding hydrogens is 354 g/mol. The van der Waals surface area contributed by atoms with Gasteiger partial charge in [-0.3, -0.25) is 9.78 Å². The Balaban J connectivity index is 1.66. The Kier molecular flexibility index (Phi) is 5.24. The van der Waals surface area contributed by atoms with Crippen molar-refractivity contribution in [3.8, 4) is 5.75 Å². The van der Waals surface area contributed by atoms with Crippen molar-refractivity contribution in [1.29, 1.82) is 0 Å². The zero-order valence-electron chi connectivity index (χ0n) is 14.7. The largest absolute Gasteiger partial charge is 0.497 e. The van der Waals surface area contributed by atoms with E-state index >= 15 is 0 Å². The Labute approximate surface area is 153 Å². The van der Waals surface area contributed by atoms with Crippen molar-refractivity contribution in [2.45, 2.75) is 12.6 Å². The number of hydrogen-bond acceptors (Lipinski definition) is 5. The molecule has 0 spiro atoms. The Hall–Kier alpha value is -2.45. The molecule has 1 aliphatic rings. The predicted octanol–water partition coefficient (Wildman–Crippen LogP) is 1.38. The number of rotatable bonds is 6. The maximum atomic E-state index is 12.5. The van der Waals surface area contributed by atoms with E-state index in [0.29, 0.717) is 30.1 Å². The van der Waals surface area contributed by atoms with Gasteiger partial charge in [-0.2, -0.15) is 4.31 Å². The number of sulfonamides is 1. The molecule has 138 valence electrons. The molecule has 0 N–H and O–H groups in total. The van der Waals surface area contributed by atoms with Gasteiger partial charge in [0.1, 0.15) is 5.75 Å². The zero-order chi connectivity index (χ0) is 18.7. The van der Waals surface area contributed by atoms with Crippen molar-refractivity contribution in [3.63, 3.8) is 0 Å². The molecule has 1 aromatic carbocycles. The van der Waals surface area contributed by atoms with Crippen LogP contribution in [0.25, 0.3) is 0 Å². The molecule has 7 nitrogen and oxygen atoms in total. The first kappa shape index (κ1) is 18.3. The fourth-order valence-corrected chi connectivity index (χ4v) is 3.93. The van der Waals surface area contributed by atoms with Crippen LogP contribution in [-0.2, 0) is 16.6 Å². The van der Waals surface area contributed by atoms with Gasteiger partial charge in [-0.1, -0.05) is 6.07 Å². The van der Waals surface area contributed by atoms with Gasteiger partial charge in [0, 0.05) is 24.8 Å². The average Bonchev–Trinajstić information content (AvgIpc) is 2.59. The predicted molar refractivity (Wildman–Crippen MR) is 97.3 cm³/mol. The van der Waals surface area contributed by atoms with Crippen LogP contribution < -0.4 is 4.74 Å². The van der Waals surface area contributed by atoms with Crippen molar-refractivity contribution in [2.75, 3.05) is 26.5 Å². The van der Waals surface area contributed by atoms with Crippen molar-refractivity contribution < 1.29 is 17.9 Å². The first-order valence-electron chi connectivity index (χ1n) is 8.18. The third-order valence-corrected chi connectivity index (χ3v) is 5.64. The maximum Gasteiger partial charge on any atom is 0.253 e. The summed E-state index contributed by atoms with van der Waals surface area (Å²) < 4.78 is 30.8. The number of carbonyl (C=O) groups excluding carboxylic acids is 1. The van der Waals surface area contributed by atoms with E-state index in [1.165, 1.54) is 10.6 Å². The van der Waals surface area contributed by atoms with Gasteiger partial charge >= 0.3 is 0 Å². The average molecular weight is 375 g/mol. The summed E-state index contributed by atoms with van der Waals surface area (Å²) in [6.45, 7) is 0.935. The van der Waals surface area contributed by atoms with E-state index in [1.807, 2.05) is 6.07 Å². The highest BCUT2D eigenvalue weighted by Gasteiger charge is 2.39. The summed E-state index contributed by atoms with van der Waals surface area (Å²) in [7, 11) is -1.84. The normalized spacial score (nSPS) is 15.0. The van der Waals surface area contributed by atoms with Crippen molar-refractivity contribution in [3.05, 3.63) is 59.9 Å². The van der Waals surface area contributed by atoms with Crippen LogP contribution in [0.2, 0.25) is 0 Å². The molecule has 0 bridgehead atoms. The van der Waals surface area contributed by atoms with E-state index in [2.05, 4.69) is 4.98 Å². The number of methoxy groups -OCH3 is 1. The zero-order valence-corrected chi connectivity index (χ0v) is 15.5. The molecule has 1 aromatic heterocycles. The number of aromatic nitrogens is 1. The number of carbonyl (C=O) groups is 1. The molecule has 8 heteroatoms. The molecular formula is C18H21N3O4S. The van der Waals surface area contributed by atoms with Gasteiger partial charge in [-0.25, -0.2) is 8.42 Å². The summed E-state index contributed by atoms with van der Waals surface area (Å²) in [4.78, 5) is 18.3. The van der Waals surface area contributed by atoms with Crippen LogP contribution in [0.15, 0.2) is 48.7 Å². The summed E-state index contributed by atoms with van der Waals surface area (Å²) in [5, 5.41) is 0. The van der Waals surface area contributed by atoms with Gasteiger partial charge in [0.25, 0.3) is 5.91 Å². The molecule has 26 heavy (non-hydrogen) atoms. The second-order valence-corrected chi connectivity index (χ2v) is 8.16. The molecule has 0 saturated carbocycles. The molecule has 3 rings (SSSR count). The lowest BCUT2D eigenvalue weighted by Gasteiger charge is -2.44. The summed E-state index contributed by atoms with van der Waals surface area (Å²) in [5.41, 5.74) is 1.23. The third kappa shape index (κ3) is 4.03. The lowest BCUT2D eigenvalue weighted by atomic mass is 10.1. The number of hydrogen-bond donors (Lipinski definition) is 0.